The molecule has 25 heavy (non-hydrogen) atoms. The molecule has 2 unspecified atom stereocenters. The molecule has 0 bridgehead atoms. The number of aliphatic hydroxyl groups is 1. The second-order valence-corrected chi connectivity index (χ2v) is 6.20. The number of nitrogens with zero attached hydrogens (tertiary/aromatic N) is 1. The van der Waals surface area contributed by atoms with Crippen LogP contribution in [0.25, 0.3) is 0 Å². The fourth-order valence-corrected chi connectivity index (χ4v) is 3.21. The van der Waals surface area contributed by atoms with E-state index in [1.165, 1.54) is 6.26 Å². The zero-order chi connectivity index (χ0) is 17.6. The summed E-state index contributed by atoms with van der Waals surface area (Å²) in [6.45, 7) is 0.608. The molecule has 2 N–H and O–H groups in total. The number of carbonyl (C=O) groups is 2. The molecule has 2 heterocycles. The van der Waals surface area contributed by atoms with Crippen LogP contribution in [-0.4, -0.2) is 41.0 Å². The van der Waals surface area contributed by atoms with Crippen LogP contribution in [-0.2, 0) is 4.79 Å². The first-order chi connectivity index (χ1) is 12.1. The van der Waals surface area contributed by atoms with Gasteiger partial charge in [0.25, 0.3) is 5.91 Å². The molecule has 2 atom stereocenters. The lowest BCUT2D eigenvalue weighted by Gasteiger charge is -2.26. The lowest BCUT2D eigenvalue weighted by Crippen LogP contribution is -2.43. The predicted octanol–water partition coefficient (Wildman–Crippen LogP) is 2.12. The third-order valence-electron chi connectivity index (χ3n) is 4.50. The van der Waals surface area contributed by atoms with Crippen LogP contribution in [0.15, 0.2) is 53.1 Å². The van der Waals surface area contributed by atoms with Crippen LogP contribution in [0.5, 0.6) is 0 Å². The fourth-order valence-electron chi connectivity index (χ4n) is 3.21. The van der Waals surface area contributed by atoms with Gasteiger partial charge < -0.3 is 19.7 Å². The van der Waals surface area contributed by atoms with E-state index in [2.05, 4.69) is 5.32 Å². The minimum absolute atomic E-state index is 0.0405. The topological polar surface area (TPSA) is 82.8 Å². The highest BCUT2D eigenvalue weighted by atomic mass is 16.4. The highest BCUT2D eigenvalue weighted by Gasteiger charge is 2.31. The number of hydrogen-bond donors (Lipinski definition) is 2. The van der Waals surface area contributed by atoms with Gasteiger partial charge in [0.05, 0.1) is 12.8 Å². The molecule has 1 aliphatic heterocycles. The molecule has 132 valence electrons. The molecule has 2 amide bonds. The van der Waals surface area contributed by atoms with Gasteiger partial charge >= 0.3 is 0 Å². The molecule has 1 aromatic heterocycles. The maximum Gasteiger partial charge on any atom is 0.251 e. The van der Waals surface area contributed by atoms with E-state index in [0.29, 0.717) is 24.3 Å². The molecule has 2 aromatic rings. The van der Waals surface area contributed by atoms with Crippen molar-refractivity contribution in [2.24, 2.45) is 0 Å². The van der Waals surface area contributed by atoms with Gasteiger partial charge in [-0.15, -0.1) is 0 Å². The van der Waals surface area contributed by atoms with Gasteiger partial charge in [-0.2, -0.15) is 0 Å². The molecular formula is C19H22N2O4. The molecule has 0 radical (unpaired) electrons. The van der Waals surface area contributed by atoms with Crippen LogP contribution in [0.4, 0.5) is 0 Å². The lowest BCUT2D eigenvalue weighted by atomic mass is 10.1. The maximum atomic E-state index is 12.5. The van der Waals surface area contributed by atoms with Gasteiger partial charge in [-0.1, -0.05) is 18.2 Å². The van der Waals surface area contributed by atoms with Gasteiger partial charge in [-0.25, -0.2) is 0 Å². The first-order valence-electron chi connectivity index (χ1n) is 8.49. The summed E-state index contributed by atoms with van der Waals surface area (Å²) in [5.74, 6) is 0.121. The van der Waals surface area contributed by atoms with Crippen molar-refractivity contribution in [3.05, 3.63) is 60.1 Å². The van der Waals surface area contributed by atoms with Crippen LogP contribution >= 0.6 is 0 Å². The SMILES string of the molecule is O=C(NCC(=O)N1CCCC1CC(O)c1ccco1)c1ccccc1. The third-order valence-corrected chi connectivity index (χ3v) is 4.50. The molecule has 1 aromatic carbocycles. The first kappa shape index (κ1) is 17.2. The number of carbonyl (C=O) groups excluding carboxylic acids is 2. The summed E-state index contributed by atoms with van der Waals surface area (Å²) >= 11 is 0. The fraction of sp³-hybridized carbons (Fsp3) is 0.368. The smallest absolute Gasteiger partial charge is 0.251 e. The monoisotopic (exact) mass is 342 g/mol. The van der Waals surface area contributed by atoms with Crippen LogP contribution in [0.3, 0.4) is 0 Å². The van der Waals surface area contributed by atoms with Crippen molar-refractivity contribution in [1.82, 2.24) is 10.2 Å². The second kappa shape index (κ2) is 7.98. The van der Waals surface area contributed by atoms with Gasteiger partial charge in [-0.3, -0.25) is 9.59 Å². The average molecular weight is 342 g/mol. The summed E-state index contributed by atoms with van der Waals surface area (Å²) < 4.78 is 5.22. The molecule has 0 spiro atoms. The molecule has 0 saturated carbocycles. The van der Waals surface area contributed by atoms with E-state index in [9.17, 15) is 14.7 Å². The summed E-state index contributed by atoms with van der Waals surface area (Å²) in [7, 11) is 0. The minimum atomic E-state index is -0.729. The standard InChI is InChI=1S/C19H22N2O4/c22-16(17-9-5-11-25-17)12-15-8-4-10-21(15)18(23)13-20-19(24)14-6-2-1-3-7-14/h1-3,5-7,9,11,15-16,22H,4,8,10,12-13H2,(H,20,24). The number of likely N-dealkylation sites (tertiary alicyclic amines) is 1. The maximum absolute atomic E-state index is 12.5. The average Bonchev–Trinajstić information content (AvgIpc) is 3.32. The largest absolute Gasteiger partial charge is 0.467 e. The van der Waals surface area contributed by atoms with Crippen molar-refractivity contribution in [2.45, 2.75) is 31.4 Å². The van der Waals surface area contributed by atoms with Crippen molar-refractivity contribution in [3.8, 4) is 0 Å². The Morgan fingerprint density at radius 3 is 2.76 bits per heavy atom. The molecule has 0 aliphatic carbocycles. The number of nitrogens with one attached hydrogen (secondary N) is 1. The van der Waals surface area contributed by atoms with Crippen molar-refractivity contribution >= 4 is 11.8 Å². The Kier molecular flexibility index (Phi) is 5.50. The zero-order valence-electron chi connectivity index (χ0n) is 13.9. The van der Waals surface area contributed by atoms with Crippen LogP contribution in [0.2, 0.25) is 0 Å². The predicted molar refractivity (Wildman–Crippen MR) is 91.8 cm³/mol. The number of rotatable bonds is 6. The summed E-state index contributed by atoms with van der Waals surface area (Å²) in [6.07, 6.45) is 2.97. The van der Waals surface area contributed by atoms with E-state index in [1.807, 2.05) is 6.07 Å². The number of furan rings is 1. The van der Waals surface area contributed by atoms with E-state index >= 15 is 0 Å². The first-order valence-corrected chi connectivity index (χ1v) is 8.49. The van der Waals surface area contributed by atoms with Crippen molar-refractivity contribution in [1.29, 1.82) is 0 Å². The van der Waals surface area contributed by atoms with E-state index in [0.717, 1.165) is 12.8 Å². The Morgan fingerprint density at radius 1 is 1.24 bits per heavy atom. The van der Waals surface area contributed by atoms with Crippen LogP contribution < -0.4 is 5.32 Å². The lowest BCUT2D eigenvalue weighted by molar-refractivity contribution is -0.131. The molecule has 6 heteroatoms. The number of amides is 2. The minimum Gasteiger partial charge on any atom is -0.467 e. The van der Waals surface area contributed by atoms with Crippen molar-refractivity contribution < 1.29 is 19.1 Å². The Hall–Kier alpha value is -2.60. The van der Waals surface area contributed by atoms with Gasteiger partial charge in [0.2, 0.25) is 5.91 Å². The number of hydrogen-bond acceptors (Lipinski definition) is 4. The van der Waals surface area contributed by atoms with Gasteiger partial charge in [0, 0.05) is 24.6 Å². The number of aliphatic hydroxyl groups excluding tert-OH is 1. The molecule has 1 fully saturated rings. The van der Waals surface area contributed by atoms with Crippen LogP contribution in [0.1, 0.15) is 41.5 Å². The second-order valence-electron chi connectivity index (χ2n) is 6.20. The Balaban J connectivity index is 1.53. The van der Waals surface area contributed by atoms with E-state index < -0.39 is 6.10 Å². The summed E-state index contributed by atoms with van der Waals surface area (Å²) in [5.41, 5.74) is 0.529. The Morgan fingerprint density at radius 2 is 2.04 bits per heavy atom. The molecule has 3 rings (SSSR count). The van der Waals surface area contributed by atoms with Crippen molar-refractivity contribution in [2.75, 3.05) is 13.1 Å². The van der Waals surface area contributed by atoms with Crippen molar-refractivity contribution in [3.63, 3.8) is 0 Å². The van der Waals surface area contributed by atoms with Gasteiger partial charge in [0.15, 0.2) is 0 Å². The quantitative estimate of drug-likeness (QED) is 0.842. The highest BCUT2D eigenvalue weighted by molar-refractivity contribution is 5.96. The summed E-state index contributed by atoms with van der Waals surface area (Å²) in [4.78, 5) is 26.3. The van der Waals surface area contributed by atoms with E-state index in [4.69, 9.17) is 4.42 Å². The Bertz CT molecular complexity index is 699. The van der Waals surface area contributed by atoms with E-state index in [-0.39, 0.29) is 24.4 Å². The Labute approximate surface area is 146 Å². The number of benzene rings is 1. The molecular weight excluding hydrogens is 320 g/mol. The van der Waals surface area contributed by atoms with Crippen LogP contribution in [0, 0.1) is 0 Å². The summed E-state index contributed by atoms with van der Waals surface area (Å²) in [5, 5.41) is 12.9. The van der Waals surface area contributed by atoms with E-state index in [1.54, 1.807) is 41.3 Å². The summed E-state index contributed by atoms with van der Waals surface area (Å²) in [6, 6.07) is 12.2. The third kappa shape index (κ3) is 4.28. The zero-order valence-corrected chi connectivity index (χ0v) is 13.9. The molecule has 1 saturated heterocycles. The van der Waals surface area contributed by atoms with Gasteiger partial charge in [0.1, 0.15) is 11.9 Å². The highest BCUT2D eigenvalue weighted by Crippen LogP contribution is 2.27. The molecule has 6 nitrogen and oxygen atoms in total. The normalized spacial score (nSPS) is 18.1. The van der Waals surface area contributed by atoms with Gasteiger partial charge in [-0.05, 0) is 37.1 Å². The molecule has 1 aliphatic rings.